The van der Waals surface area contributed by atoms with Crippen molar-refractivity contribution in [2.45, 2.75) is 39.0 Å². The first-order chi connectivity index (χ1) is 7.85. The molecule has 0 saturated heterocycles. The van der Waals surface area contributed by atoms with E-state index in [4.69, 9.17) is 8.83 Å². The van der Waals surface area contributed by atoms with Gasteiger partial charge in [-0.05, 0) is 12.8 Å². The molecule has 2 heterocycles. The third kappa shape index (κ3) is 2.15. The number of rotatable bonds is 5. The van der Waals surface area contributed by atoms with Crippen molar-refractivity contribution < 1.29 is 8.83 Å². The van der Waals surface area contributed by atoms with E-state index in [1.54, 1.807) is 12.5 Å². The van der Waals surface area contributed by atoms with Gasteiger partial charge in [-0.2, -0.15) is 0 Å². The molecule has 1 atom stereocenters. The summed E-state index contributed by atoms with van der Waals surface area (Å²) >= 11 is 0. The fourth-order valence-electron chi connectivity index (χ4n) is 1.78. The molecule has 4 nitrogen and oxygen atoms in total. The van der Waals surface area contributed by atoms with Crippen molar-refractivity contribution in [3.8, 4) is 11.5 Å². The smallest absolute Gasteiger partial charge is 0.197 e. The largest absolute Gasteiger partial charge is 0.448 e. The highest BCUT2D eigenvalue weighted by Gasteiger charge is 2.16. The Morgan fingerprint density at radius 1 is 1.31 bits per heavy atom. The lowest BCUT2D eigenvalue weighted by Gasteiger charge is -2.07. The second-order valence-corrected chi connectivity index (χ2v) is 3.83. The summed E-state index contributed by atoms with van der Waals surface area (Å²) < 4.78 is 10.7. The van der Waals surface area contributed by atoms with E-state index in [0.29, 0.717) is 11.7 Å². The van der Waals surface area contributed by atoms with Crippen LogP contribution in [-0.2, 0) is 0 Å². The fourth-order valence-corrected chi connectivity index (χ4v) is 1.78. The average Bonchev–Trinajstić information content (AvgIpc) is 2.95. The Morgan fingerprint density at radius 2 is 2.19 bits per heavy atom. The number of nitrogens with zero attached hydrogens (tertiary/aromatic N) is 2. The molecule has 0 radical (unpaired) electrons. The minimum Gasteiger partial charge on any atom is -0.448 e. The highest BCUT2D eigenvalue weighted by Crippen LogP contribution is 2.27. The van der Waals surface area contributed by atoms with Crippen LogP contribution in [0.5, 0.6) is 0 Å². The van der Waals surface area contributed by atoms with E-state index in [-0.39, 0.29) is 0 Å². The van der Waals surface area contributed by atoms with Crippen molar-refractivity contribution in [3.05, 3.63) is 24.7 Å². The van der Waals surface area contributed by atoms with Crippen LogP contribution in [0.2, 0.25) is 0 Å². The van der Waals surface area contributed by atoms with Gasteiger partial charge in [-0.15, -0.1) is 0 Å². The zero-order valence-electron chi connectivity index (χ0n) is 9.64. The van der Waals surface area contributed by atoms with Crippen molar-refractivity contribution in [2.24, 2.45) is 0 Å². The molecule has 16 heavy (non-hydrogen) atoms. The Morgan fingerprint density at radius 3 is 2.81 bits per heavy atom. The van der Waals surface area contributed by atoms with Gasteiger partial charge in [-0.1, -0.05) is 20.3 Å². The van der Waals surface area contributed by atoms with Crippen LogP contribution in [-0.4, -0.2) is 9.97 Å². The monoisotopic (exact) mass is 220 g/mol. The van der Waals surface area contributed by atoms with Gasteiger partial charge in [0.2, 0.25) is 0 Å². The van der Waals surface area contributed by atoms with E-state index in [1.807, 2.05) is 0 Å². The molecule has 0 fully saturated rings. The maximum Gasteiger partial charge on any atom is 0.197 e. The maximum absolute atomic E-state index is 5.50. The first-order valence-electron chi connectivity index (χ1n) is 5.69. The molecule has 0 spiro atoms. The zero-order valence-corrected chi connectivity index (χ0v) is 9.64. The lowest BCUT2D eigenvalue weighted by molar-refractivity contribution is 0.421. The summed E-state index contributed by atoms with van der Waals surface area (Å²) in [6, 6.07) is 0. The summed E-state index contributed by atoms with van der Waals surface area (Å²) in [4.78, 5) is 8.30. The Balaban J connectivity index is 2.18. The SMILES string of the molecule is CCCC(CC)c1nc(-c2cnco2)co1. The number of aromatic nitrogens is 2. The average molecular weight is 220 g/mol. The summed E-state index contributed by atoms with van der Waals surface area (Å²) in [7, 11) is 0. The molecule has 4 heteroatoms. The summed E-state index contributed by atoms with van der Waals surface area (Å²) in [5, 5.41) is 0. The van der Waals surface area contributed by atoms with Gasteiger partial charge in [0.15, 0.2) is 18.0 Å². The molecular weight excluding hydrogens is 204 g/mol. The fraction of sp³-hybridized carbons (Fsp3) is 0.500. The van der Waals surface area contributed by atoms with Crippen LogP contribution in [0.15, 0.2) is 27.7 Å². The van der Waals surface area contributed by atoms with Crippen molar-refractivity contribution >= 4 is 0 Å². The summed E-state index contributed by atoms with van der Waals surface area (Å²) in [5.41, 5.74) is 0.724. The zero-order chi connectivity index (χ0) is 11.4. The second kappa shape index (κ2) is 4.96. The van der Waals surface area contributed by atoms with Gasteiger partial charge < -0.3 is 8.83 Å². The quantitative estimate of drug-likeness (QED) is 0.772. The Hall–Kier alpha value is -1.58. The first kappa shape index (κ1) is 10.9. The highest BCUT2D eigenvalue weighted by atomic mass is 16.4. The van der Waals surface area contributed by atoms with Gasteiger partial charge in [0.1, 0.15) is 12.0 Å². The number of hydrogen-bond donors (Lipinski definition) is 0. The minimum absolute atomic E-state index is 0.404. The Bertz CT molecular complexity index is 420. The topological polar surface area (TPSA) is 52.1 Å². The molecule has 0 N–H and O–H groups in total. The standard InChI is InChI=1S/C12H16N2O2/c1-3-5-9(4-2)12-14-10(7-15-12)11-6-13-8-16-11/h6-9H,3-5H2,1-2H3. The van der Waals surface area contributed by atoms with Crippen LogP contribution in [0.1, 0.15) is 44.9 Å². The van der Waals surface area contributed by atoms with Crippen molar-refractivity contribution in [1.82, 2.24) is 9.97 Å². The summed E-state index contributed by atoms with van der Waals surface area (Å²) in [6.45, 7) is 4.32. The van der Waals surface area contributed by atoms with Gasteiger partial charge in [0, 0.05) is 5.92 Å². The number of oxazole rings is 2. The molecule has 0 aliphatic carbocycles. The van der Waals surface area contributed by atoms with Crippen molar-refractivity contribution in [3.63, 3.8) is 0 Å². The van der Waals surface area contributed by atoms with Crippen LogP contribution < -0.4 is 0 Å². The molecule has 2 aromatic heterocycles. The van der Waals surface area contributed by atoms with Gasteiger partial charge in [0.25, 0.3) is 0 Å². The Labute approximate surface area is 94.7 Å². The summed E-state index contributed by atoms with van der Waals surface area (Å²) in [5.74, 6) is 1.86. The molecule has 0 aromatic carbocycles. The van der Waals surface area contributed by atoms with Crippen LogP contribution in [0.25, 0.3) is 11.5 Å². The van der Waals surface area contributed by atoms with Crippen LogP contribution >= 0.6 is 0 Å². The van der Waals surface area contributed by atoms with Crippen LogP contribution in [0, 0.1) is 0 Å². The van der Waals surface area contributed by atoms with E-state index in [0.717, 1.165) is 30.8 Å². The van der Waals surface area contributed by atoms with Gasteiger partial charge in [0.05, 0.1) is 6.20 Å². The van der Waals surface area contributed by atoms with E-state index < -0.39 is 0 Å². The molecule has 0 saturated carbocycles. The predicted molar refractivity (Wildman–Crippen MR) is 59.9 cm³/mol. The normalized spacial score (nSPS) is 12.9. The first-order valence-corrected chi connectivity index (χ1v) is 5.69. The molecule has 0 aliphatic rings. The molecule has 2 rings (SSSR count). The number of hydrogen-bond acceptors (Lipinski definition) is 4. The Kier molecular flexibility index (Phi) is 3.39. The van der Waals surface area contributed by atoms with Gasteiger partial charge in [-0.3, -0.25) is 0 Å². The second-order valence-electron chi connectivity index (χ2n) is 3.83. The molecule has 0 bridgehead atoms. The minimum atomic E-state index is 0.404. The highest BCUT2D eigenvalue weighted by molar-refractivity contribution is 5.48. The van der Waals surface area contributed by atoms with Crippen LogP contribution in [0.3, 0.4) is 0 Å². The van der Waals surface area contributed by atoms with Crippen LogP contribution in [0.4, 0.5) is 0 Å². The van der Waals surface area contributed by atoms with Crippen molar-refractivity contribution in [1.29, 1.82) is 0 Å². The van der Waals surface area contributed by atoms with E-state index in [2.05, 4.69) is 23.8 Å². The van der Waals surface area contributed by atoms with Crippen molar-refractivity contribution in [2.75, 3.05) is 0 Å². The predicted octanol–water partition coefficient (Wildman–Crippen LogP) is 3.62. The van der Waals surface area contributed by atoms with Gasteiger partial charge in [-0.25, -0.2) is 9.97 Å². The van der Waals surface area contributed by atoms with E-state index >= 15 is 0 Å². The molecule has 2 aromatic rings. The molecule has 0 amide bonds. The van der Waals surface area contributed by atoms with Gasteiger partial charge >= 0.3 is 0 Å². The lowest BCUT2D eigenvalue weighted by atomic mass is 10.0. The molecule has 86 valence electrons. The van der Waals surface area contributed by atoms with E-state index in [9.17, 15) is 0 Å². The van der Waals surface area contributed by atoms with E-state index in [1.165, 1.54) is 6.39 Å². The maximum atomic E-state index is 5.50. The summed E-state index contributed by atoms with van der Waals surface area (Å²) in [6.07, 6.45) is 7.96. The molecule has 1 unspecified atom stereocenters. The molecule has 0 aliphatic heterocycles. The molecular formula is C12H16N2O2. The third-order valence-corrected chi connectivity index (χ3v) is 2.69. The third-order valence-electron chi connectivity index (χ3n) is 2.69. The lowest BCUT2D eigenvalue weighted by Crippen LogP contribution is -1.96.